The lowest BCUT2D eigenvalue weighted by atomic mass is 10.0. The molecule has 0 saturated carbocycles. The average Bonchev–Trinajstić information content (AvgIpc) is 3.18. The van der Waals surface area contributed by atoms with Crippen molar-refractivity contribution in [3.05, 3.63) is 71.3 Å². The fourth-order valence-corrected chi connectivity index (χ4v) is 4.69. The highest BCUT2D eigenvalue weighted by Gasteiger charge is 2.49. The molecule has 2 aromatic rings. The first-order chi connectivity index (χ1) is 15.3. The SMILES string of the molecule is CON(C)C(=O)N1N=C(c2cc(F)ccc2F)S[C@@]1(CCCNC(=O)O)c1ccccc1. The molecule has 2 N–H and O–H groups in total. The number of rotatable bonds is 7. The first-order valence-electron chi connectivity index (χ1n) is 9.66. The molecular weight excluding hydrogens is 442 g/mol. The average molecular weight is 464 g/mol. The maximum atomic E-state index is 14.5. The second-order valence-corrected chi connectivity index (χ2v) is 8.16. The molecule has 32 heavy (non-hydrogen) atoms. The number of hydrogen-bond acceptors (Lipinski definition) is 5. The Labute approximate surface area is 187 Å². The van der Waals surface area contributed by atoms with E-state index in [1.54, 1.807) is 24.3 Å². The maximum absolute atomic E-state index is 14.5. The molecule has 1 aliphatic rings. The molecule has 0 fully saturated rings. The second kappa shape index (κ2) is 9.96. The summed E-state index contributed by atoms with van der Waals surface area (Å²) >= 11 is 1.10. The van der Waals surface area contributed by atoms with Gasteiger partial charge in [0.25, 0.3) is 0 Å². The minimum atomic E-state index is -1.16. The Morgan fingerprint density at radius 2 is 1.97 bits per heavy atom. The summed E-state index contributed by atoms with van der Waals surface area (Å²) in [5.41, 5.74) is 0.614. The van der Waals surface area contributed by atoms with E-state index in [-0.39, 0.29) is 23.6 Å². The standard InChI is InChI=1S/C21H22F2N4O4S/c1-26(31-2)20(30)27-21(11-6-12-24-19(28)29,14-7-4-3-5-8-14)32-18(25-27)16-13-15(22)9-10-17(16)23/h3-5,7-10,13,24H,6,11-12H2,1-2H3,(H,28,29)/t21-/m0/s1. The molecule has 8 nitrogen and oxygen atoms in total. The fraction of sp³-hybridized carbons (Fsp3) is 0.286. The van der Waals surface area contributed by atoms with Gasteiger partial charge in [0.2, 0.25) is 0 Å². The fourth-order valence-electron chi connectivity index (χ4n) is 3.28. The van der Waals surface area contributed by atoms with Crippen LogP contribution in [0.1, 0.15) is 24.0 Å². The summed E-state index contributed by atoms with van der Waals surface area (Å²) in [7, 11) is 2.73. The summed E-state index contributed by atoms with van der Waals surface area (Å²) in [6, 6.07) is 11.4. The van der Waals surface area contributed by atoms with E-state index in [9.17, 15) is 18.4 Å². The number of benzene rings is 2. The zero-order valence-electron chi connectivity index (χ0n) is 17.4. The van der Waals surface area contributed by atoms with E-state index in [1.165, 1.54) is 19.2 Å². The molecule has 0 unspecified atom stereocenters. The number of hydroxylamine groups is 2. The van der Waals surface area contributed by atoms with E-state index in [4.69, 9.17) is 9.94 Å². The topological polar surface area (TPSA) is 94.5 Å². The smallest absolute Gasteiger partial charge is 0.404 e. The van der Waals surface area contributed by atoms with Crippen LogP contribution in [0.15, 0.2) is 53.6 Å². The van der Waals surface area contributed by atoms with Gasteiger partial charge >= 0.3 is 12.1 Å². The minimum Gasteiger partial charge on any atom is -0.465 e. The van der Waals surface area contributed by atoms with Crippen LogP contribution in [-0.2, 0) is 9.71 Å². The van der Waals surface area contributed by atoms with Gasteiger partial charge in [-0.2, -0.15) is 10.1 Å². The van der Waals surface area contributed by atoms with Gasteiger partial charge < -0.3 is 10.4 Å². The molecule has 0 aromatic heterocycles. The Bertz CT molecular complexity index is 1020. The summed E-state index contributed by atoms with van der Waals surface area (Å²) in [4.78, 5) is 27.9. The molecule has 3 rings (SSSR count). The Hall–Kier alpha value is -3.18. The molecule has 0 bridgehead atoms. The van der Waals surface area contributed by atoms with Crippen LogP contribution >= 0.6 is 11.8 Å². The lowest BCUT2D eigenvalue weighted by Gasteiger charge is -2.37. The monoisotopic (exact) mass is 464 g/mol. The van der Waals surface area contributed by atoms with Crippen LogP contribution in [-0.4, -0.2) is 53.0 Å². The van der Waals surface area contributed by atoms with Crippen LogP contribution in [0.25, 0.3) is 0 Å². The third-order valence-electron chi connectivity index (χ3n) is 4.88. The quantitative estimate of drug-likeness (QED) is 0.473. The molecule has 3 amide bonds. The lowest BCUT2D eigenvalue weighted by molar-refractivity contribution is -0.0805. The first kappa shape index (κ1) is 23.5. The molecule has 2 aromatic carbocycles. The van der Waals surface area contributed by atoms with Crippen molar-refractivity contribution in [2.75, 3.05) is 20.7 Å². The van der Waals surface area contributed by atoms with Crippen LogP contribution in [0.2, 0.25) is 0 Å². The normalized spacial score (nSPS) is 17.8. The first-order valence-corrected chi connectivity index (χ1v) is 10.5. The van der Waals surface area contributed by atoms with Crippen molar-refractivity contribution < 1.29 is 28.3 Å². The van der Waals surface area contributed by atoms with E-state index in [2.05, 4.69) is 10.4 Å². The van der Waals surface area contributed by atoms with Crippen molar-refractivity contribution in [2.45, 2.75) is 17.7 Å². The third kappa shape index (κ3) is 4.83. The van der Waals surface area contributed by atoms with E-state index >= 15 is 0 Å². The molecule has 11 heteroatoms. The Morgan fingerprint density at radius 3 is 2.62 bits per heavy atom. The number of halogens is 2. The van der Waals surface area contributed by atoms with E-state index in [0.29, 0.717) is 12.0 Å². The van der Waals surface area contributed by atoms with E-state index in [0.717, 1.165) is 35.0 Å². The molecule has 0 spiro atoms. The second-order valence-electron chi connectivity index (χ2n) is 6.89. The highest BCUT2D eigenvalue weighted by molar-refractivity contribution is 8.15. The zero-order chi connectivity index (χ0) is 23.3. The highest BCUT2D eigenvalue weighted by Crippen LogP contribution is 2.50. The van der Waals surface area contributed by atoms with Crippen LogP contribution in [0.3, 0.4) is 0 Å². The van der Waals surface area contributed by atoms with Crippen molar-refractivity contribution in [3.8, 4) is 0 Å². The number of amides is 3. The zero-order valence-corrected chi connectivity index (χ0v) is 18.2. The highest BCUT2D eigenvalue weighted by atomic mass is 32.2. The van der Waals surface area contributed by atoms with Gasteiger partial charge in [0, 0.05) is 19.2 Å². The number of carbonyl (C=O) groups is 2. The summed E-state index contributed by atoms with van der Waals surface area (Å²) < 4.78 is 28.4. The van der Waals surface area contributed by atoms with Gasteiger partial charge in [0.1, 0.15) is 21.5 Å². The number of carbonyl (C=O) groups excluding carboxylic acids is 1. The van der Waals surface area contributed by atoms with Crippen molar-refractivity contribution in [2.24, 2.45) is 5.10 Å². The van der Waals surface area contributed by atoms with Gasteiger partial charge in [-0.05, 0) is 36.6 Å². The Balaban J connectivity index is 2.08. The van der Waals surface area contributed by atoms with Gasteiger partial charge in [-0.15, -0.1) is 0 Å². The lowest BCUT2D eigenvalue weighted by Crippen LogP contribution is -2.47. The summed E-state index contributed by atoms with van der Waals surface area (Å²) in [6.45, 7) is 0.135. The van der Waals surface area contributed by atoms with Crippen molar-refractivity contribution in [1.29, 1.82) is 0 Å². The number of nitrogens with one attached hydrogen (secondary N) is 1. The van der Waals surface area contributed by atoms with E-state index in [1.807, 2.05) is 6.07 Å². The largest absolute Gasteiger partial charge is 0.465 e. The van der Waals surface area contributed by atoms with Crippen LogP contribution in [0, 0.1) is 11.6 Å². The molecule has 1 heterocycles. The predicted molar refractivity (Wildman–Crippen MR) is 116 cm³/mol. The van der Waals surface area contributed by atoms with Crippen LogP contribution < -0.4 is 5.32 Å². The molecular formula is C21H22F2N4O4S. The van der Waals surface area contributed by atoms with Gasteiger partial charge in [0.15, 0.2) is 0 Å². The van der Waals surface area contributed by atoms with Gasteiger partial charge in [-0.25, -0.2) is 23.4 Å². The molecule has 0 radical (unpaired) electrons. The third-order valence-corrected chi connectivity index (χ3v) is 6.32. The molecule has 1 atom stereocenters. The number of urea groups is 1. The predicted octanol–water partition coefficient (Wildman–Crippen LogP) is 4.19. The number of hydrogen-bond donors (Lipinski definition) is 2. The summed E-state index contributed by atoms with van der Waals surface area (Å²) in [5.74, 6) is -1.32. The van der Waals surface area contributed by atoms with Gasteiger partial charge in [-0.3, -0.25) is 4.84 Å². The van der Waals surface area contributed by atoms with Gasteiger partial charge in [-0.1, -0.05) is 42.1 Å². The van der Waals surface area contributed by atoms with Crippen molar-refractivity contribution >= 4 is 28.9 Å². The van der Waals surface area contributed by atoms with Crippen molar-refractivity contribution in [1.82, 2.24) is 15.4 Å². The minimum absolute atomic E-state index is 0.0747. The van der Waals surface area contributed by atoms with Crippen LogP contribution in [0.5, 0.6) is 0 Å². The van der Waals surface area contributed by atoms with E-state index < -0.39 is 28.6 Å². The Morgan fingerprint density at radius 1 is 1.25 bits per heavy atom. The molecule has 0 saturated heterocycles. The Kier molecular flexibility index (Phi) is 7.31. The number of thioether (sulfide) groups is 1. The molecule has 170 valence electrons. The summed E-state index contributed by atoms with van der Waals surface area (Å²) in [6.07, 6.45) is -0.540. The van der Waals surface area contributed by atoms with Crippen LogP contribution in [0.4, 0.5) is 18.4 Å². The number of nitrogens with zero attached hydrogens (tertiary/aromatic N) is 3. The number of hydrazone groups is 1. The van der Waals surface area contributed by atoms with Crippen molar-refractivity contribution in [3.63, 3.8) is 0 Å². The molecule has 1 aliphatic heterocycles. The van der Waals surface area contributed by atoms with Gasteiger partial charge in [0.05, 0.1) is 7.11 Å². The maximum Gasteiger partial charge on any atom is 0.404 e. The number of carboxylic acid groups (broad SMARTS) is 1. The molecule has 0 aliphatic carbocycles. The summed E-state index contributed by atoms with van der Waals surface area (Å²) in [5, 5.41) is 17.8.